The molecule has 1 fully saturated rings. The van der Waals surface area contributed by atoms with Gasteiger partial charge < -0.3 is 15.0 Å². The maximum Gasteiger partial charge on any atom is 0.238 e. The minimum atomic E-state index is 0.0396. The molecule has 122 valence electrons. The Morgan fingerprint density at radius 2 is 1.95 bits per heavy atom. The molecule has 1 aliphatic heterocycles. The molecule has 5 heteroatoms. The topological polar surface area (TPSA) is 44.8 Å². The van der Waals surface area contributed by atoms with Crippen molar-refractivity contribution in [2.75, 3.05) is 56.7 Å². The number of benzene rings is 1. The second-order valence-corrected chi connectivity index (χ2v) is 5.79. The van der Waals surface area contributed by atoms with Gasteiger partial charge in [-0.1, -0.05) is 13.3 Å². The minimum absolute atomic E-state index is 0.0396. The summed E-state index contributed by atoms with van der Waals surface area (Å²) in [4.78, 5) is 16.3. The molecule has 1 saturated heterocycles. The number of carbonyl (C=O) groups excluding carboxylic acids is 1. The number of rotatable bonds is 7. The van der Waals surface area contributed by atoms with Crippen LogP contribution in [0.25, 0.3) is 0 Å². The van der Waals surface area contributed by atoms with E-state index in [2.05, 4.69) is 34.2 Å². The molecular weight excluding hydrogens is 278 g/mol. The smallest absolute Gasteiger partial charge is 0.238 e. The zero-order valence-electron chi connectivity index (χ0n) is 13.7. The van der Waals surface area contributed by atoms with Gasteiger partial charge >= 0.3 is 0 Å². The Kier molecular flexibility index (Phi) is 6.68. The summed E-state index contributed by atoms with van der Waals surface area (Å²) in [6.07, 6.45) is 2.27. The van der Waals surface area contributed by atoms with E-state index >= 15 is 0 Å². The molecule has 0 bridgehead atoms. The number of likely N-dealkylation sites (N-methyl/N-ethyl adjacent to an activating group) is 1. The van der Waals surface area contributed by atoms with Crippen LogP contribution in [0.4, 0.5) is 11.4 Å². The van der Waals surface area contributed by atoms with Gasteiger partial charge in [0.05, 0.1) is 19.8 Å². The maximum absolute atomic E-state index is 12.0. The Labute approximate surface area is 133 Å². The highest BCUT2D eigenvalue weighted by atomic mass is 16.5. The van der Waals surface area contributed by atoms with Crippen LogP contribution in [0.1, 0.15) is 19.8 Å². The number of anilines is 2. The average Bonchev–Trinajstić information content (AvgIpc) is 2.54. The molecule has 0 aliphatic carbocycles. The fourth-order valence-electron chi connectivity index (χ4n) is 2.53. The molecule has 1 N–H and O–H groups in total. The highest BCUT2D eigenvalue weighted by molar-refractivity contribution is 5.92. The van der Waals surface area contributed by atoms with E-state index in [4.69, 9.17) is 4.74 Å². The Morgan fingerprint density at radius 3 is 2.59 bits per heavy atom. The first-order chi connectivity index (χ1) is 10.7. The molecular formula is C17H27N3O2. The van der Waals surface area contributed by atoms with Gasteiger partial charge in [-0.05, 0) is 44.3 Å². The summed E-state index contributed by atoms with van der Waals surface area (Å²) < 4.78 is 5.36. The highest BCUT2D eigenvalue weighted by Crippen LogP contribution is 2.18. The van der Waals surface area contributed by atoms with Gasteiger partial charge in [0.25, 0.3) is 0 Å². The normalized spacial score (nSPS) is 15.1. The van der Waals surface area contributed by atoms with Gasteiger partial charge in [0.15, 0.2) is 0 Å². The van der Waals surface area contributed by atoms with Crippen LogP contribution < -0.4 is 10.2 Å². The number of unbranched alkanes of at least 4 members (excludes halogenated alkanes) is 1. The zero-order valence-corrected chi connectivity index (χ0v) is 13.7. The third kappa shape index (κ3) is 5.31. The minimum Gasteiger partial charge on any atom is -0.378 e. The summed E-state index contributed by atoms with van der Waals surface area (Å²) in [7, 11) is 1.98. The van der Waals surface area contributed by atoms with Crippen molar-refractivity contribution >= 4 is 17.3 Å². The molecule has 0 radical (unpaired) electrons. The first kappa shape index (κ1) is 16.8. The third-order valence-corrected chi connectivity index (χ3v) is 3.83. The predicted octanol–water partition coefficient (Wildman–Crippen LogP) is 2.19. The molecule has 0 atom stereocenters. The molecule has 1 amide bonds. The van der Waals surface area contributed by atoms with E-state index in [1.54, 1.807) is 0 Å². The average molecular weight is 305 g/mol. The van der Waals surface area contributed by atoms with Crippen molar-refractivity contribution in [3.8, 4) is 0 Å². The van der Waals surface area contributed by atoms with E-state index in [1.165, 1.54) is 5.69 Å². The van der Waals surface area contributed by atoms with E-state index in [0.717, 1.165) is 51.4 Å². The Bertz CT molecular complexity index is 455. The first-order valence-electron chi connectivity index (χ1n) is 8.10. The molecule has 1 aromatic carbocycles. The van der Waals surface area contributed by atoms with Crippen molar-refractivity contribution in [3.05, 3.63) is 24.3 Å². The van der Waals surface area contributed by atoms with Crippen LogP contribution in [0.15, 0.2) is 24.3 Å². The van der Waals surface area contributed by atoms with Gasteiger partial charge in [0.1, 0.15) is 0 Å². The number of ether oxygens (including phenoxy) is 1. The molecule has 0 unspecified atom stereocenters. The van der Waals surface area contributed by atoms with Crippen molar-refractivity contribution in [3.63, 3.8) is 0 Å². The summed E-state index contributed by atoms with van der Waals surface area (Å²) in [5, 5.41) is 2.96. The molecule has 0 saturated carbocycles. The van der Waals surface area contributed by atoms with Crippen LogP contribution in [-0.4, -0.2) is 57.2 Å². The van der Waals surface area contributed by atoms with Crippen LogP contribution in [-0.2, 0) is 9.53 Å². The Hall–Kier alpha value is -1.59. The first-order valence-corrected chi connectivity index (χ1v) is 8.10. The lowest BCUT2D eigenvalue weighted by atomic mass is 10.2. The second kappa shape index (κ2) is 8.76. The molecule has 0 spiro atoms. The highest BCUT2D eigenvalue weighted by Gasteiger charge is 2.11. The number of hydrogen-bond donors (Lipinski definition) is 1. The molecule has 1 aliphatic rings. The second-order valence-electron chi connectivity index (χ2n) is 5.79. The lowest BCUT2D eigenvalue weighted by Crippen LogP contribution is -2.36. The van der Waals surface area contributed by atoms with Crippen LogP contribution in [0, 0.1) is 0 Å². The number of morpholine rings is 1. The molecule has 2 rings (SSSR count). The largest absolute Gasteiger partial charge is 0.378 e. The van der Waals surface area contributed by atoms with Crippen LogP contribution in [0.5, 0.6) is 0 Å². The van der Waals surface area contributed by atoms with Crippen molar-refractivity contribution in [1.29, 1.82) is 0 Å². The molecule has 22 heavy (non-hydrogen) atoms. The van der Waals surface area contributed by atoms with Crippen LogP contribution in [0.2, 0.25) is 0 Å². The fourth-order valence-corrected chi connectivity index (χ4v) is 2.53. The van der Waals surface area contributed by atoms with Gasteiger partial charge in [-0.3, -0.25) is 9.69 Å². The van der Waals surface area contributed by atoms with E-state index in [1.807, 2.05) is 19.2 Å². The summed E-state index contributed by atoms with van der Waals surface area (Å²) in [6.45, 7) is 6.96. The van der Waals surface area contributed by atoms with Crippen molar-refractivity contribution in [2.45, 2.75) is 19.8 Å². The summed E-state index contributed by atoms with van der Waals surface area (Å²) in [5.41, 5.74) is 2.03. The zero-order chi connectivity index (χ0) is 15.8. The molecule has 1 heterocycles. The van der Waals surface area contributed by atoms with E-state index in [-0.39, 0.29) is 5.91 Å². The molecule has 5 nitrogen and oxygen atoms in total. The maximum atomic E-state index is 12.0. The molecule has 1 aromatic rings. The number of nitrogens with one attached hydrogen (secondary N) is 1. The fraction of sp³-hybridized carbons (Fsp3) is 0.588. The Balaban J connectivity index is 1.81. The predicted molar refractivity (Wildman–Crippen MR) is 90.5 cm³/mol. The Morgan fingerprint density at radius 1 is 1.27 bits per heavy atom. The lowest BCUT2D eigenvalue weighted by Gasteiger charge is -2.28. The van der Waals surface area contributed by atoms with Crippen LogP contribution >= 0.6 is 0 Å². The lowest BCUT2D eigenvalue weighted by molar-refractivity contribution is -0.117. The number of amides is 1. The summed E-state index contributed by atoms with van der Waals surface area (Å²) >= 11 is 0. The van der Waals surface area contributed by atoms with Gasteiger partial charge in [-0.25, -0.2) is 0 Å². The quantitative estimate of drug-likeness (QED) is 0.839. The van der Waals surface area contributed by atoms with E-state index < -0.39 is 0 Å². The summed E-state index contributed by atoms with van der Waals surface area (Å²) in [6, 6.07) is 8.05. The third-order valence-electron chi connectivity index (χ3n) is 3.83. The SMILES string of the molecule is CCCCN(C)CC(=O)Nc1ccc(N2CCOCC2)cc1. The van der Waals surface area contributed by atoms with Crippen molar-refractivity contribution in [2.24, 2.45) is 0 Å². The van der Waals surface area contributed by atoms with Gasteiger partial charge in [0, 0.05) is 24.5 Å². The number of nitrogens with zero attached hydrogens (tertiary/aromatic N) is 2. The molecule has 0 aromatic heterocycles. The van der Waals surface area contributed by atoms with E-state index in [9.17, 15) is 4.79 Å². The van der Waals surface area contributed by atoms with Crippen molar-refractivity contribution < 1.29 is 9.53 Å². The van der Waals surface area contributed by atoms with Crippen LogP contribution in [0.3, 0.4) is 0 Å². The van der Waals surface area contributed by atoms with E-state index in [0.29, 0.717) is 6.54 Å². The number of hydrogen-bond acceptors (Lipinski definition) is 4. The van der Waals surface area contributed by atoms with Gasteiger partial charge in [0.2, 0.25) is 5.91 Å². The van der Waals surface area contributed by atoms with Gasteiger partial charge in [-0.2, -0.15) is 0 Å². The van der Waals surface area contributed by atoms with Crippen molar-refractivity contribution in [1.82, 2.24) is 4.90 Å². The monoisotopic (exact) mass is 305 g/mol. The standard InChI is InChI=1S/C17H27N3O2/c1-3-4-9-19(2)14-17(21)18-15-5-7-16(8-6-15)20-10-12-22-13-11-20/h5-8H,3-4,9-14H2,1-2H3,(H,18,21). The number of carbonyl (C=O) groups is 1. The summed E-state index contributed by atoms with van der Waals surface area (Å²) in [5.74, 6) is 0.0396. The van der Waals surface area contributed by atoms with Gasteiger partial charge in [-0.15, -0.1) is 0 Å².